The lowest BCUT2D eigenvalue weighted by Gasteiger charge is -2.14. The molecule has 1 amide bonds. The maximum absolute atomic E-state index is 11.8. The molecule has 0 spiro atoms. The van der Waals surface area contributed by atoms with Crippen LogP contribution in [0.3, 0.4) is 0 Å². The van der Waals surface area contributed by atoms with Gasteiger partial charge in [0.2, 0.25) is 15.9 Å². The van der Waals surface area contributed by atoms with Gasteiger partial charge >= 0.3 is 5.97 Å². The summed E-state index contributed by atoms with van der Waals surface area (Å²) in [6.45, 7) is 1.13. The van der Waals surface area contributed by atoms with Gasteiger partial charge < -0.3 is 10.4 Å². The van der Waals surface area contributed by atoms with E-state index in [-0.39, 0.29) is 23.6 Å². The van der Waals surface area contributed by atoms with Crippen LogP contribution in [0.15, 0.2) is 24.3 Å². The summed E-state index contributed by atoms with van der Waals surface area (Å²) < 4.78 is 24.6. The lowest BCUT2D eigenvalue weighted by Crippen LogP contribution is -2.35. The second-order valence-electron chi connectivity index (χ2n) is 5.42. The number of carboxylic acids is 1. The molecule has 1 aromatic rings. The lowest BCUT2D eigenvalue weighted by atomic mass is 10.1. The third-order valence-electron chi connectivity index (χ3n) is 3.73. The van der Waals surface area contributed by atoms with Gasteiger partial charge in [0.1, 0.15) is 0 Å². The zero-order valence-electron chi connectivity index (χ0n) is 12.7. The van der Waals surface area contributed by atoms with Gasteiger partial charge in [-0.2, -0.15) is 0 Å². The maximum Gasteiger partial charge on any atom is 0.335 e. The molecule has 2 rings (SSSR count). The Labute approximate surface area is 135 Å². The van der Waals surface area contributed by atoms with E-state index in [1.165, 1.54) is 16.4 Å². The van der Waals surface area contributed by atoms with E-state index in [4.69, 9.17) is 5.11 Å². The number of nitrogens with one attached hydrogen (secondary N) is 1. The van der Waals surface area contributed by atoms with E-state index in [2.05, 4.69) is 5.32 Å². The number of hydrogen-bond donors (Lipinski definition) is 2. The summed E-state index contributed by atoms with van der Waals surface area (Å²) in [5.74, 6) is -0.942. The van der Waals surface area contributed by atoms with E-state index < -0.39 is 16.0 Å². The van der Waals surface area contributed by atoms with Crippen LogP contribution in [0.1, 0.15) is 28.8 Å². The van der Waals surface area contributed by atoms with E-state index in [1.807, 2.05) is 0 Å². The van der Waals surface area contributed by atoms with E-state index in [0.29, 0.717) is 32.5 Å². The molecule has 1 heterocycles. The molecule has 0 radical (unpaired) electrons. The van der Waals surface area contributed by atoms with Gasteiger partial charge in [-0.3, -0.25) is 4.79 Å². The largest absolute Gasteiger partial charge is 0.478 e. The second kappa shape index (κ2) is 7.56. The number of aromatic carboxylic acids is 1. The average molecular weight is 340 g/mol. The highest BCUT2D eigenvalue weighted by Crippen LogP contribution is 2.12. The van der Waals surface area contributed by atoms with Gasteiger partial charge in [-0.1, -0.05) is 12.1 Å². The van der Waals surface area contributed by atoms with Crippen LogP contribution in [-0.4, -0.2) is 55.1 Å². The minimum atomic E-state index is -3.12. The van der Waals surface area contributed by atoms with Gasteiger partial charge in [-0.05, 0) is 30.5 Å². The Balaban J connectivity index is 1.70. The van der Waals surface area contributed by atoms with E-state index >= 15 is 0 Å². The molecule has 0 aliphatic carbocycles. The summed E-state index contributed by atoms with van der Waals surface area (Å²) in [4.78, 5) is 22.5. The number of carboxylic acid groups (broad SMARTS) is 1. The van der Waals surface area contributed by atoms with Crippen LogP contribution in [0.25, 0.3) is 0 Å². The number of hydrogen-bond acceptors (Lipinski definition) is 4. The molecule has 0 saturated carbocycles. The number of sulfonamides is 1. The van der Waals surface area contributed by atoms with Crippen LogP contribution in [0.4, 0.5) is 0 Å². The fraction of sp³-hybridized carbons (Fsp3) is 0.467. The number of carbonyl (C=O) groups is 2. The number of carbonyl (C=O) groups excluding carboxylic acids is 1. The fourth-order valence-corrected chi connectivity index (χ4v) is 3.95. The Morgan fingerprint density at radius 2 is 1.91 bits per heavy atom. The first-order valence-corrected chi connectivity index (χ1v) is 9.06. The number of rotatable bonds is 7. The van der Waals surface area contributed by atoms with Crippen molar-refractivity contribution in [1.82, 2.24) is 9.62 Å². The Morgan fingerprint density at radius 1 is 1.22 bits per heavy atom. The standard InChI is InChI=1S/C15H20N2O5S/c18-14(16-8-10-17-9-1-11-23(17,21)22)7-4-12-2-5-13(6-3-12)15(19)20/h2-3,5-6H,1,4,7-11H2,(H,16,18)(H,19,20). The summed E-state index contributed by atoms with van der Waals surface area (Å²) in [6.07, 6.45) is 1.43. The molecular formula is C15H20N2O5S. The van der Waals surface area contributed by atoms with E-state index in [0.717, 1.165) is 5.56 Å². The highest BCUT2D eigenvalue weighted by Gasteiger charge is 2.27. The molecule has 7 nitrogen and oxygen atoms in total. The van der Waals surface area contributed by atoms with Gasteiger partial charge in [0, 0.05) is 26.1 Å². The summed E-state index contributed by atoms with van der Waals surface area (Å²) in [5.41, 5.74) is 1.09. The highest BCUT2D eigenvalue weighted by molar-refractivity contribution is 7.89. The van der Waals surface area contributed by atoms with Gasteiger partial charge in [0.15, 0.2) is 0 Å². The molecule has 1 saturated heterocycles. The van der Waals surface area contributed by atoms with Crippen LogP contribution in [0, 0.1) is 0 Å². The molecule has 8 heteroatoms. The SMILES string of the molecule is O=C(CCc1ccc(C(=O)O)cc1)NCCN1CCCS1(=O)=O. The number of aryl methyl sites for hydroxylation is 1. The zero-order valence-corrected chi connectivity index (χ0v) is 13.5. The van der Waals surface area contributed by atoms with Crippen molar-refractivity contribution in [1.29, 1.82) is 0 Å². The second-order valence-corrected chi connectivity index (χ2v) is 7.51. The van der Waals surface area contributed by atoms with Crippen LogP contribution < -0.4 is 5.32 Å². The van der Waals surface area contributed by atoms with Gasteiger partial charge in [-0.15, -0.1) is 0 Å². The van der Waals surface area contributed by atoms with Gasteiger partial charge in [0.25, 0.3) is 0 Å². The third-order valence-corrected chi connectivity index (χ3v) is 5.68. The molecule has 1 aliphatic heterocycles. The van der Waals surface area contributed by atoms with Crippen molar-refractivity contribution in [2.45, 2.75) is 19.3 Å². The number of amides is 1. The molecule has 0 atom stereocenters. The Kier molecular flexibility index (Phi) is 5.73. The Hall–Kier alpha value is -1.93. The first-order chi connectivity index (χ1) is 10.9. The predicted molar refractivity (Wildman–Crippen MR) is 84.7 cm³/mol. The summed E-state index contributed by atoms with van der Waals surface area (Å²) in [5, 5.41) is 11.5. The fourth-order valence-electron chi connectivity index (χ4n) is 2.42. The number of benzene rings is 1. The molecule has 126 valence electrons. The van der Waals surface area contributed by atoms with Crippen LogP contribution in [0.5, 0.6) is 0 Å². The van der Waals surface area contributed by atoms with Gasteiger partial charge in [-0.25, -0.2) is 17.5 Å². The monoisotopic (exact) mass is 340 g/mol. The van der Waals surface area contributed by atoms with E-state index in [1.54, 1.807) is 12.1 Å². The third kappa shape index (κ3) is 5.04. The predicted octanol–water partition coefficient (Wildman–Crippen LogP) is 0.469. The maximum atomic E-state index is 11.8. The van der Waals surface area contributed by atoms with Crippen molar-refractivity contribution in [3.05, 3.63) is 35.4 Å². The number of nitrogens with zero attached hydrogens (tertiary/aromatic N) is 1. The molecule has 2 N–H and O–H groups in total. The molecule has 0 aromatic heterocycles. The zero-order chi connectivity index (χ0) is 16.9. The van der Waals surface area contributed by atoms with Gasteiger partial charge in [0.05, 0.1) is 11.3 Å². The lowest BCUT2D eigenvalue weighted by molar-refractivity contribution is -0.121. The molecule has 1 aliphatic rings. The van der Waals surface area contributed by atoms with E-state index in [9.17, 15) is 18.0 Å². The molecule has 1 fully saturated rings. The molecule has 23 heavy (non-hydrogen) atoms. The summed E-state index contributed by atoms with van der Waals surface area (Å²) in [6, 6.07) is 6.39. The van der Waals surface area contributed by atoms with Crippen molar-refractivity contribution in [2.24, 2.45) is 0 Å². The highest BCUT2D eigenvalue weighted by atomic mass is 32.2. The molecule has 0 unspecified atom stereocenters. The topological polar surface area (TPSA) is 104 Å². The van der Waals surface area contributed by atoms with Crippen LogP contribution >= 0.6 is 0 Å². The molecule has 1 aromatic carbocycles. The van der Waals surface area contributed by atoms with Crippen molar-refractivity contribution < 1.29 is 23.1 Å². The van der Waals surface area contributed by atoms with Crippen molar-refractivity contribution >= 4 is 21.9 Å². The average Bonchev–Trinajstić information content (AvgIpc) is 2.84. The Morgan fingerprint density at radius 3 is 2.48 bits per heavy atom. The molecule has 0 bridgehead atoms. The quantitative estimate of drug-likeness (QED) is 0.751. The van der Waals surface area contributed by atoms with Crippen LogP contribution in [0.2, 0.25) is 0 Å². The first kappa shape index (κ1) is 17.4. The smallest absolute Gasteiger partial charge is 0.335 e. The summed E-state index contributed by atoms with van der Waals surface area (Å²) in [7, 11) is -3.12. The van der Waals surface area contributed by atoms with Crippen LogP contribution in [-0.2, 0) is 21.2 Å². The Bertz CT molecular complexity index is 670. The minimum Gasteiger partial charge on any atom is -0.478 e. The van der Waals surface area contributed by atoms with Crippen molar-refractivity contribution in [2.75, 3.05) is 25.4 Å². The molecular weight excluding hydrogens is 320 g/mol. The van der Waals surface area contributed by atoms with Crippen molar-refractivity contribution in [3.8, 4) is 0 Å². The van der Waals surface area contributed by atoms with Crippen molar-refractivity contribution in [3.63, 3.8) is 0 Å². The normalized spacial score (nSPS) is 17.0. The minimum absolute atomic E-state index is 0.149. The summed E-state index contributed by atoms with van der Waals surface area (Å²) >= 11 is 0. The first-order valence-electron chi connectivity index (χ1n) is 7.45.